The minimum Gasteiger partial charge on any atom is -0.497 e. The van der Waals surface area contributed by atoms with Gasteiger partial charge < -0.3 is 15.4 Å². The number of carbonyl (C=O) groups is 1. The van der Waals surface area contributed by atoms with Crippen LogP contribution in [-0.4, -0.2) is 38.6 Å². The Morgan fingerprint density at radius 3 is 2.58 bits per heavy atom. The fourth-order valence-corrected chi connectivity index (χ4v) is 4.21. The Labute approximate surface area is 191 Å². The van der Waals surface area contributed by atoms with Crippen molar-refractivity contribution in [2.24, 2.45) is 0 Å². The van der Waals surface area contributed by atoms with Gasteiger partial charge in [-0.15, -0.1) is 5.10 Å². The quantitative estimate of drug-likeness (QED) is 0.432. The Morgan fingerprint density at radius 1 is 1.06 bits per heavy atom. The predicted molar refractivity (Wildman–Crippen MR) is 128 cm³/mol. The van der Waals surface area contributed by atoms with E-state index in [2.05, 4.69) is 22.3 Å². The minimum atomic E-state index is -0.222. The summed E-state index contributed by atoms with van der Waals surface area (Å²) in [6.07, 6.45) is 5.53. The van der Waals surface area contributed by atoms with Crippen LogP contribution in [-0.2, 0) is 4.79 Å². The zero-order chi connectivity index (χ0) is 22.8. The van der Waals surface area contributed by atoms with Crippen molar-refractivity contribution in [3.8, 4) is 17.1 Å². The molecule has 8 heteroatoms. The van der Waals surface area contributed by atoms with Crippen molar-refractivity contribution in [2.45, 2.75) is 38.1 Å². The molecule has 0 spiro atoms. The van der Waals surface area contributed by atoms with Gasteiger partial charge in [0.1, 0.15) is 5.75 Å². The second-order valence-electron chi connectivity index (χ2n) is 8.26. The molecule has 1 aliphatic rings. The van der Waals surface area contributed by atoms with Crippen LogP contribution in [0.15, 0.2) is 60.8 Å². The maximum absolute atomic E-state index is 12.7. The van der Waals surface area contributed by atoms with Gasteiger partial charge >= 0.3 is 0 Å². The van der Waals surface area contributed by atoms with Crippen molar-refractivity contribution < 1.29 is 9.53 Å². The van der Waals surface area contributed by atoms with Gasteiger partial charge in [-0.2, -0.15) is 4.52 Å². The zero-order valence-corrected chi connectivity index (χ0v) is 18.5. The molecule has 33 heavy (non-hydrogen) atoms. The molecule has 2 N–H and O–H groups in total. The van der Waals surface area contributed by atoms with Crippen LogP contribution in [0.4, 0.5) is 5.95 Å². The number of methoxy groups -OCH3 is 1. The molecule has 1 fully saturated rings. The van der Waals surface area contributed by atoms with E-state index in [0.29, 0.717) is 17.4 Å². The van der Waals surface area contributed by atoms with Crippen LogP contribution in [0.2, 0.25) is 0 Å². The van der Waals surface area contributed by atoms with Gasteiger partial charge in [0, 0.05) is 17.0 Å². The molecule has 0 saturated heterocycles. The summed E-state index contributed by atoms with van der Waals surface area (Å²) in [5, 5.41) is 11.7. The molecule has 1 amide bonds. The highest BCUT2D eigenvalue weighted by Crippen LogP contribution is 2.26. The first kappa shape index (κ1) is 20.9. The lowest BCUT2D eigenvalue weighted by atomic mass is 9.95. The first-order valence-electron chi connectivity index (χ1n) is 11.2. The second-order valence-corrected chi connectivity index (χ2v) is 8.26. The van der Waals surface area contributed by atoms with E-state index >= 15 is 0 Å². The van der Waals surface area contributed by atoms with Gasteiger partial charge in [-0.05, 0) is 49.2 Å². The Balaban J connectivity index is 1.49. The van der Waals surface area contributed by atoms with Crippen LogP contribution in [0.1, 0.15) is 32.1 Å². The molecule has 0 unspecified atom stereocenters. The highest BCUT2D eigenvalue weighted by Gasteiger charge is 2.20. The Kier molecular flexibility index (Phi) is 5.64. The number of nitrogens with one attached hydrogen (secondary N) is 2. The number of carbonyl (C=O) groups excluding carboxylic acids is 1. The lowest BCUT2D eigenvalue weighted by molar-refractivity contribution is -0.118. The first-order valence-corrected chi connectivity index (χ1v) is 11.2. The number of ether oxygens (including phenoxy) is 1. The highest BCUT2D eigenvalue weighted by molar-refractivity contribution is 5.97. The molecule has 168 valence electrons. The van der Waals surface area contributed by atoms with Crippen LogP contribution >= 0.6 is 0 Å². The smallest absolute Gasteiger partial charge is 0.267 e. The fourth-order valence-electron chi connectivity index (χ4n) is 4.21. The lowest BCUT2D eigenvalue weighted by Gasteiger charge is -2.23. The average Bonchev–Trinajstić information content (AvgIpc) is 3.31. The summed E-state index contributed by atoms with van der Waals surface area (Å²) in [5.41, 5.74) is 2.48. The Bertz CT molecular complexity index is 1320. The van der Waals surface area contributed by atoms with E-state index in [1.165, 1.54) is 6.42 Å². The molecule has 4 aromatic rings. The van der Waals surface area contributed by atoms with Crippen molar-refractivity contribution in [3.63, 3.8) is 0 Å². The van der Waals surface area contributed by atoms with E-state index in [4.69, 9.17) is 14.7 Å². The van der Waals surface area contributed by atoms with Gasteiger partial charge in [-0.25, -0.2) is 9.97 Å². The number of amides is 1. The van der Waals surface area contributed by atoms with Crippen molar-refractivity contribution >= 4 is 28.4 Å². The number of hydrogen-bond acceptors (Lipinski definition) is 6. The first-order chi connectivity index (χ1) is 16.1. The topological polar surface area (TPSA) is 93.4 Å². The maximum atomic E-state index is 12.7. The summed E-state index contributed by atoms with van der Waals surface area (Å²) in [5.74, 6) is 1.48. The molecule has 1 saturated carbocycles. The van der Waals surface area contributed by atoms with Crippen molar-refractivity contribution in [3.05, 3.63) is 60.8 Å². The number of hydrogen-bond donors (Lipinski definition) is 2. The van der Waals surface area contributed by atoms with Crippen LogP contribution in [0.5, 0.6) is 5.75 Å². The fraction of sp³-hybridized carbons (Fsp3) is 0.280. The Hall–Kier alpha value is -3.94. The molecule has 2 aromatic heterocycles. The molecule has 5 rings (SSSR count). The largest absolute Gasteiger partial charge is 0.497 e. The summed E-state index contributed by atoms with van der Waals surface area (Å²) in [4.78, 5) is 22.2. The highest BCUT2D eigenvalue weighted by atomic mass is 16.5. The average molecular weight is 443 g/mol. The van der Waals surface area contributed by atoms with Gasteiger partial charge in [0.05, 0.1) is 18.3 Å². The third kappa shape index (κ3) is 4.24. The molecule has 0 aliphatic heterocycles. The normalized spacial score (nSPS) is 14.3. The van der Waals surface area contributed by atoms with E-state index in [1.807, 2.05) is 48.5 Å². The molecular weight excluding hydrogens is 416 g/mol. The molecule has 0 bridgehead atoms. The Morgan fingerprint density at radius 2 is 1.82 bits per heavy atom. The third-order valence-electron chi connectivity index (χ3n) is 6.00. The third-order valence-corrected chi connectivity index (χ3v) is 6.00. The van der Waals surface area contributed by atoms with Gasteiger partial charge in [-0.1, -0.05) is 38.0 Å². The summed E-state index contributed by atoms with van der Waals surface area (Å²) in [6.45, 7) is 3.95. The number of para-hydroxylation sites is 1. The zero-order valence-electron chi connectivity index (χ0n) is 18.5. The SMILES string of the molecule is C=C(Nc1nc2ccccc2c2nc(-c3ccc(OC)cc3)nn12)C(=O)NC1CCCCC1. The lowest BCUT2D eigenvalue weighted by Crippen LogP contribution is -2.38. The van der Waals surface area contributed by atoms with Crippen molar-refractivity contribution in [1.29, 1.82) is 0 Å². The van der Waals surface area contributed by atoms with Crippen LogP contribution < -0.4 is 15.4 Å². The predicted octanol–water partition coefficient (Wildman–Crippen LogP) is 4.33. The number of fused-ring (bicyclic) bond motifs is 3. The van der Waals surface area contributed by atoms with E-state index in [0.717, 1.165) is 47.9 Å². The molecule has 0 radical (unpaired) electrons. The standard InChI is InChI=1S/C25H26N6O2/c1-16(24(32)27-18-8-4-3-5-9-18)26-25-28-21-11-7-6-10-20(21)23-29-22(30-31(23)25)17-12-14-19(33-2)15-13-17/h6-7,10-15,18H,1,3-5,8-9H2,2H3,(H,26,28)(H,27,32). The monoisotopic (exact) mass is 442 g/mol. The number of anilines is 1. The number of benzene rings is 2. The van der Waals surface area contributed by atoms with E-state index < -0.39 is 0 Å². The van der Waals surface area contributed by atoms with Gasteiger partial charge in [0.25, 0.3) is 5.91 Å². The molecule has 2 aromatic carbocycles. The summed E-state index contributed by atoms with van der Waals surface area (Å²) in [6, 6.07) is 15.5. The van der Waals surface area contributed by atoms with E-state index in [1.54, 1.807) is 11.6 Å². The number of rotatable bonds is 6. The van der Waals surface area contributed by atoms with Gasteiger partial charge in [0.15, 0.2) is 11.5 Å². The van der Waals surface area contributed by atoms with Crippen LogP contribution in [0.3, 0.4) is 0 Å². The molecule has 8 nitrogen and oxygen atoms in total. The van der Waals surface area contributed by atoms with E-state index in [9.17, 15) is 4.79 Å². The van der Waals surface area contributed by atoms with Crippen molar-refractivity contribution in [2.75, 3.05) is 12.4 Å². The number of aromatic nitrogens is 4. The molecule has 1 aliphatic carbocycles. The van der Waals surface area contributed by atoms with E-state index in [-0.39, 0.29) is 17.6 Å². The van der Waals surface area contributed by atoms with Gasteiger partial charge in [0.2, 0.25) is 5.95 Å². The van der Waals surface area contributed by atoms with Crippen LogP contribution in [0.25, 0.3) is 27.9 Å². The summed E-state index contributed by atoms with van der Waals surface area (Å²) < 4.78 is 6.87. The van der Waals surface area contributed by atoms with Crippen LogP contribution in [0, 0.1) is 0 Å². The summed E-state index contributed by atoms with van der Waals surface area (Å²) in [7, 11) is 1.63. The van der Waals surface area contributed by atoms with Crippen molar-refractivity contribution in [1.82, 2.24) is 24.9 Å². The molecule has 0 atom stereocenters. The molecular formula is C25H26N6O2. The summed E-state index contributed by atoms with van der Waals surface area (Å²) >= 11 is 0. The van der Waals surface area contributed by atoms with Gasteiger partial charge in [-0.3, -0.25) is 4.79 Å². The second kappa shape index (κ2) is 8.90. The minimum absolute atomic E-state index is 0.197. The maximum Gasteiger partial charge on any atom is 0.267 e. The molecule has 2 heterocycles. The number of nitrogens with zero attached hydrogens (tertiary/aromatic N) is 4.